The minimum atomic E-state index is -0.713. The number of halogens is 3. The molecule has 2 aliphatic rings. The summed E-state index contributed by atoms with van der Waals surface area (Å²) in [4.78, 5) is 14.5. The molecule has 2 heterocycles. The number of ether oxygens (including phenoxy) is 1. The fraction of sp³-hybridized carbons (Fsp3) is 0.286. The molecule has 154 valence electrons. The van der Waals surface area contributed by atoms with E-state index in [2.05, 4.69) is 5.10 Å². The van der Waals surface area contributed by atoms with Crippen LogP contribution in [-0.4, -0.2) is 41.3 Å². The Hall–Kier alpha value is -3.54. The molecule has 30 heavy (non-hydrogen) atoms. The highest BCUT2D eigenvalue weighted by Crippen LogP contribution is 2.31. The number of carbonyl (C=O) groups is 1. The highest BCUT2D eigenvalue weighted by Gasteiger charge is 2.36. The molecule has 0 saturated carbocycles. The van der Waals surface area contributed by atoms with Gasteiger partial charge in [-0.2, -0.15) is 10.4 Å². The van der Waals surface area contributed by atoms with E-state index in [1.165, 1.54) is 35.5 Å². The Morgan fingerprint density at radius 1 is 1.17 bits per heavy atom. The molecule has 0 radical (unpaired) electrons. The minimum Gasteiger partial charge on any atom is -0.488 e. The van der Waals surface area contributed by atoms with Crippen LogP contribution in [0.15, 0.2) is 41.5 Å². The number of hydrogen-bond acceptors (Lipinski definition) is 4. The van der Waals surface area contributed by atoms with Gasteiger partial charge in [-0.1, -0.05) is 0 Å². The summed E-state index contributed by atoms with van der Waals surface area (Å²) in [6.07, 6.45) is 2.11. The number of nitriles is 1. The molecule has 2 atom stereocenters. The highest BCUT2D eigenvalue weighted by molar-refractivity contribution is 5.78. The average Bonchev–Trinajstić information content (AvgIpc) is 3.38. The van der Waals surface area contributed by atoms with Gasteiger partial charge in [0.15, 0.2) is 0 Å². The van der Waals surface area contributed by atoms with Gasteiger partial charge in [0.2, 0.25) is 0 Å². The van der Waals surface area contributed by atoms with Gasteiger partial charge in [-0.05, 0) is 29.8 Å². The molecule has 9 heteroatoms. The number of hydrazone groups is 1. The van der Waals surface area contributed by atoms with Crippen molar-refractivity contribution in [2.45, 2.75) is 25.0 Å². The number of rotatable bonds is 3. The SMILES string of the molecule is N#Cc1cc(O[C@@H]2CCN(C(=O)N3N=CC[C@H]3c3cc(F)cc(F)c3)C2)ccc1F. The van der Waals surface area contributed by atoms with Crippen LogP contribution in [0.4, 0.5) is 18.0 Å². The van der Waals surface area contributed by atoms with E-state index in [9.17, 15) is 18.0 Å². The monoisotopic (exact) mass is 414 g/mol. The van der Waals surface area contributed by atoms with Crippen molar-refractivity contribution >= 4 is 12.2 Å². The number of likely N-dealkylation sites (tertiary alicyclic amines) is 1. The summed E-state index contributed by atoms with van der Waals surface area (Å²) in [7, 11) is 0. The largest absolute Gasteiger partial charge is 0.488 e. The lowest BCUT2D eigenvalue weighted by molar-refractivity contribution is 0.142. The molecule has 0 aromatic heterocycles. The predicted octanol–water partition coefficient (Wildman–Crippen LogP) is 3.98. The average molecular weight is 414 g/mol. The third kappa shape index (κ3) is 3.94. The maximum atomic E-state index is 13.6. The molecule has 0 bridgehead atoms. The lowest BCUT2D eigenvalue weighted by atomic mass is 10.0. The van der Waals surface area contributed by atoms with E-state index < -0.39 is 23.5 Å². The van der Waals surface area contributed by atoms with E-state index in [1.54, 1.807) is 11.0 Å². The van der Waals surface area contributed by atoms with Crippen LogP contribution < -0.4 is 4.74 Å². The second kappa shape index (κ2) is 8.06. The lowest BCUT2D eigenvalue weighted by Crippen LogP contribution is -2.40. The molecule has 0 N–H and O–H groups in total. The van der Waals surface area contributed by atoms with Crippen LogP contribution in [-0.2, 0) is 0 Å². The van der Waals surface area contributed by atoms with Crippen molar-refractivity contribution < 1.29 is 22.7 Å². The van der Waals surface area contributed by atoms with Crippen LogP contribution in [0.2, 0.25) is 0 Å². The van der Waals surface area contributed by atoms with Gasteiger partial charge in [0.1, 0.15) is 35.4 Å². The molecular formula is C21H17F3N4O2. The van der Waals surface area contributed by atoms with Gasteiger partial charge in [0.05, 0.1) is 18.2 Å². The number of carbonyl (C=O) groups excluding carboxylic acids is 1. The second-order valence-corrected chi connectivity index (χ2v) is 7.11. The molecular weight excluding hydrogens is 397 g/mol. The van der Waals surface area contributed by atoms with Crippen LogP contribution in [0.3, 0.4) is 0 Å². The van der Waals surface area contributed by atoms with Gasteiger partial charge in [0, 0.05) is 37.7 Å². The van der Waals surface area contributed by atoms with E-state index in [0.717, 1.165) is 12.1 Å². The van der Waals surface area contributed by atoms with Gasteiger partial charge in [0.25, 0.3) is 0 Å². The Morgan fingerprint density at radius 3 is 2.67 bits per heavy atom. The Labute approximate surface area is 170 Å². The maximum absolute atomic E-state index is 13.6. The Balaban J connectivity index is 1.43. The Kier molecular flexibility index (Phi) is 5.31. The van der Waals surface area contributed by atoms with E-state index >= 15 is 0 Å². The zero-order valence-corrected chi connectivity index (χ0v) is 15.8. The van der Waals surface area contributed by atoms with Crippen LogP contribution in [0.5, 0.6) is 5.75 Å². The van der Waals surface area contributed by atoms with Crippen molar-refractivity contribution in [1.29, 1.82) is 5.26 Å². The summed E-state index contributed by atoms with van der Waals surface area (Å²) in [5, 5.41) is 14.2. The van der Waals surface area contributed by atoms with Gasteiger partial charge in [-0.3, -0.25) is 0 Å². The second-order valence-electron chi connectivity index (χ2n) is 7.11. The molecule has 1 fully saturated rings. The first-order valence-corrected chi connectivity index (χ1v) is 9.37. The molecule has 2 aliphatic heterocycles. The van der Waals surface area contributed by atoms with Crippen molar-refractivity contribution in [2.75, 3.05) is 13.1 Å². The van der Waals surface area contributed by atoms with Crippen molar-refractivity contribution in [3.63, 3.8) is 0 Å². The molecule has 6 nitrogen and oxygen atoms in total. The number of hydrogen-bond donors (Lipinski definition) is 0. The van der Waals surface area contributed by atoms with Crippen molar-refractivity contribution in [3.8, 4) is 11.8 Å². The van der Waals surface area contributed by atoms with Crippen LogP contribution in [0.1, 0.15) is 30.0 Å². The normalized spacial score (nSPS) is 20.5. The van der Waals surface area contributed by atoms with E-state index in [1.807, 2.05) is 0 Å². The first-order chi connectivity index (χ1) is 14.4. The number of urea groups is 1. The van der Waals surface area contributed by atoms with E-state index in [0.29, 0.717) is 30.7 Å². The summed E-state index contributed by atoms with van der Waals surface area (Å²) in [6.45, 7) is 0.681. The Morgan fingerprint density at radius 2 is 1.93 bits per heavy atom. The quantitative estimate of drug-likeness (QED) is 0.763. The number of benzene rings is 2. The van der Waals surface area contributed by atoms with Gasteiger partial charge < -0.3 is 9.64 Å². The molecule has 0 aliphatic carbocycles. The smallest absolute Gasteiger partial charge is 0.341 e. The molecule has 2 amide bonds. The van der Waals surface area contributed by atoms with Crippen molar-refractivity contribution in [3.05, 3.63) is 65.0 Å². The lowest BCUT2D eigenvalue weighted by Gasteiger charge is -2.27. The molecule has 4 rings (SSSR count). The molecule has 1 saturated heterocycles. The van der Waals surface area contributed by atoms with Crippen molar-refractivity contribution in [2.24, 2.45) is 5.10 Å². The van der Waals surface area contributed by atoms with Crippen LogP contribution in [0, 0.1) is 28.8 Å². The third-order valence-electron chi connectivity index (χ3n) is 5.07. The predicted molar refractivity (Wildman–Crippen MR) is 101 cm³/mol. The number of amides is 2. The summed E-state index contributed by atoms with van der Waals surface area (Å²) in [5.74, 6) is -1.70. The summed E-state index contributed by atoms with van der Waals surface area (Å²) in [6, 6.07) is 7.86. The van der Waals surface area contributed by atoms with E-state index in [-0.39, 0.29) is 24.2 Å². The van der Waals surface area contributed by atoms with E-state index in [4.69, 9.17) is 10.00 Å². The number of nitrogens with zero attached hydrogens (tertiary/aromatic N) is 4. The van der Waals surface area contributed by atoms with Crippen LogP contribution in [0.25, 0.3) is 0 Å². The fourth-order valence-electron chi connectivity index (χ4n) is 3.64. The summed E-state index contributed by atoms with van der Waals surface area (Å²) < 4.78 is 46.4. The van der Waals surface area contributed by atoms with Crippen molar-refractivity contribution in [1.82, 2.24) is 9.91 Å². The van der Waals surface area contributed by atoms with Gasteiger partial charge in [-0.15, -0.1) is 0 Å². The van der Waals surface area contributed by atoms with Crippen LogP contribution >= 0.6 is 0 Å². The topological polar surface area (TPSA) is 68.9 Å². The van der Waals surface area contributed by atoms with Gasteiger partial charge in [-0.25, -0.2) is 23.0 Å². The first-order valence-electron chi connectivity index (χ1n) is 9.37. The maximum Gasteiger partial charge on any atom is 0.341 e. The Bertz CT molecular complexity index is 1030. The molecule has 0 spiro atoms. The van der Waals surface area contributed by atoms with Gasteiger partial charge >= 0.3 is 6.03 Å². The fourth-order valence-corrected chi connectivity index (χ4v) is 3.64. The zero-order valence-electron chi connectivity index (χ0n) is 15.8. The standard InChI is InChI=1S/C21H17F3N4O2/c22-15-7-13(8-16(23)10-15)20-3-5-26-28(20)21(29)27-6-4-18(12-27)30-17-1-2-19(24)14(9-17)11-25/h1-2,5,7-10,18,20H,3-4,6,12H2/t18-,20+/m1/s1. The first kappa shape index (κ1) is 19.8. The molecule has 2 aromatic rings. The third-order valence-corrected chi connectivity index (χ3v) is 5.07. The zero-order chi connectivity index (χ0) is 21.3. The highest BCUT2D eigenvalue weighted by atomic mass is 19.1. The minimum absolute atomic E-state index is 0.116. The molecule has 2 aromatic carbocycles. The summed E-state index contributed by atoms with van der Waals surface area (Å²) in [5.41, 5.74) is 0.218. The summed E-state index contributed by atoms with van der Waals surface area (Å²) >= 11 is 0. The molecule has 0 unspecified atom stereocenters.